The van der Waals surface area contributed by atoms with Crippen molar-refractivity contribution in [2.75, 3.05) is 7.11 Å². The second-order valence-corrected chi connectivity index (χ2v) is 2.70. The lowest BCUT2D eigenvalue weighted by Gasteiger charge is -2.01. The van der Waals surface area contributed by atoms with E-state index in [1.165, 1.54) is 0 Å². The number of nitrogens with zero attached hydrogens (tertiary/aromatic N) is 1. The molecule has 0 saturated carbocycles. The fraction of sp³-hybridized carbons (Fsp3) is 0.357. The predicted molar refractivity (Wildman–Crippen MR) is 73.3 cm³/mol. The van der Waals surface area contributed by atoms with E-state index in [9.17, 15) is 0 Å². The van der Waals surface area contributed by atoms with Crippen LogP contribution in [0.1, 0.15) is 27.7 Å². The maximum Gasteiger partial charge on any atom is 0.119 e. The molecule has 1 aromatic carbocycles. The molecule has 2 aromatic rings. The summed E-state index contributed by atoms with van der Waals surface area (Å²) in [5, 5.41) is 6.79. The van der Waals surface area contributed by atoms with Gasteiger partial charge in [-0.3, -0.25) is 5.10 Å². The van der Waals surface area contributed by atoms with Gasteiger partial charge in [0.05, 0.1) is 12.8 Å². The van der Waals surface area contributed by atoms with Gasteiger partial charge < -0.3 is 4.74 Å². The molecule has 0 aliphatic rings. The maximum atomic E-state index is 5.12. The van der Waals surface area contributed by atoms with Crippen LogP contribution in [0, 0.1) is 0 Å². The fourth-order valence-electron chi connectivity index (χ4n) is 1.21. The number of nitrogens with one attached hydrogen (secondary N) is 1. The molecule has 2 rings (SSSR count). The number of benzene rings is 1. The van der Waals surface area contributed by atoms with Gasteiger partial charge in [-0.1, -0.05) is 39.8 Å². The van der Waals surface area contributed by atoms with E-state index in [0.29, 0.717) is 0 Å². The number of hydrogen-bond acceptors (Lipinski definition) is 2. The molecule has 0 spiro atoms. The third-order valence-corrected chi connectivity index (χ3v) is 1.88. The average Bonchev–Trinajstić information content (AvgIpc) is 2.97. The van der Waals surface area contributed by atoms with Crippen molar-refractivity contribution >= 4 is 0 Å². The highest BCUT2D eigenvalue weighted by molar-refractivity contribution is 5.60. The van der Waals surface area contributed by atoms with Gasteiger partial charge in [-0.25, -0.2) is 0 Å². The van der Waals surface area contributed by atoms with Gasteiger partial charge in [-0.15, -0.1) is 0 Å². The third-order valence-electron chi connectivity index (χ3n) is 1.88. The summed E-state index contributed by atoms with van der Waals surface area (Å²) in [5.74, 6) is 0.854. The van der Waals surface area contributed by atoms with Crippen molar-refractivity contribution in [3.05, 3.63) is 36.5 Å². The lowest BCUT2D eigenvalue weighted by Crippen LogP contribution is -1.83. The van der Waals surface area contributed by atoms with E-state index >= 15 is 0 Å². The summed E-state index contributed by atoms with van der Waals surface area (Å²) < 4.78 is 5.12. The first-order chi connectivity index (χ1) is 8.40. The third kappa shape index (κ3) is 4.72. The van der Waals surface area contributed by atoms with Crippen LogP contribution in [-0.2, 0) is 0 Å². The van der Waals surface area contributed by atoms with Gasteiger partial charge >= 0.3 is 0 Å². The van der Waals surface area contributed by atoms with Crippen molar-refractivity contribution in [1.82, 2.24) is 10.2 Å². The second-order valence-electron chi connectivity index (χ2n) is 2.70. The van der Waals surface area contributed by atoms with Crippen molar-refractivity contribution in [2.24, 2.45) is 0 Å². The minimum atomic E-state index is 0.854. The van der Waals surface area contributed by atoms with Crippen molar-refractivity contribution < 1.29 is 4.74 Å². The minimum absolute atomic E-state index is 0.854. The van der Waals surface area contributed by atoms with Crippen LogP contribution in [0.5, 0.6) is 5.75 Å². The van der Waals surface area contributed by atoms with Gasteiger partial charge in [0.15, 0.2) is 0 Å². The molecule has 0 radical (unpaired) electrons. The van der Waals surface area contributed by atoms with Gasteiger partial charge in [0, 0.05) is 11.8 Å². The van der Waals surface area contributed by atoms with E-state index in [-0.39, 0.29) is 0 Å². The quantitative estimate of drug-likeness (QED) is 0.848. The number of methoxy groups -OCH3 is 1. The van der Waals surface area contributed by atoms with E-state index in [1.54, 1.807) is 13.3 Å². The minimum Gasteiger partial charge on any atom is -0.497 e. The molecule has 1 aromatic heterocycles. The molecule has 94 valence electrons. The zero-order chi connectivity index (χ0) is 13.1. The van der Waals surface area contributed by atoms with E-state index in [2.05, 4.69) is 10.2 Å². The van der Waals surface area contributed by atoms with Gasteiger partial charge in [-0.05, 0) is 18.2 Å². The normalized spacial score (nSPS) is 8.29. The van der Waals surface area contributed by atoms with Gasteiger partial charge in [0.2, 0.25) is 0 Å². The Morgan fingerprint density at radius 1 is 1.06 bits per heavy atom. The number of aromatic nitrogens is 2. The first kappa shape index (κ1) is 15.2. The molecule has 1 heterocycles. The molecule has 0 saturated heterocycles. The van der Waals surface area contributed by atoms with Crippen LogP contribution in [0.3, 0.4) is 0 Å². The number of aromatic amines is 1. The molecule has 0 aliphatic carbocycles. The smallest absolute Gasteiger partial charge is 0.119 e. The zero-order valence-electron chi connectivity index (χ0n) is 11.3. The molecule has 0 aliphatic heterocycles. The Kier molecular flexibility index (Phi) is 8.47. The Labute approximate surface area is 104 Å². The number of rotatable bonds is 2. The van der Waals surface area contributed by atoms with Crippen LogP contribution in [-0.4, -0.2) is 17.3 Å². The van der Waals surface area contributed by atoms with E-state index in [1.807, 2.05) is 58.0 Å². The summed E-state index contributed by atoms with van der Waals surface area (Å²) in [6.45, 7) is 8.00. The summed E-state index contributed by atoms with van der Waals surface area (Å²) in [7, 11) is 1.66. The van der Waals surface area contributed by atoms with Crippen LogP contribution in [0.15, 0.2) is 36.5 Å². The van der Waals surface area contributed by atoms with Crippen LogP contribution in [0.4, 0.5) is 0 Å². The Morgan fingerprint density at radius 3 is 2.29 bits per heavy atom. The molecular weight excluding hydrogens is 212 g/mol. The lowest BCUT2D eigenvalue weighted by atomic mass is 10.1. The highest BCUT2D eigenvalue weighted by atomic mass is 16.5. The summed E-state index contributed by atoms with van der Waals surface area (Å²) in [5.41, 5.74) is 2.08. The number of H-pyrrole nitrogens is 1. The average molecular weight is 234 g/mol. The van der Waals surface area contributed by atoms with E-state index in [4.69, 9.17) is 4.74 Å². The van der Waals surface area contributed by atoms with E-state index in [0.717, 1.165) is 17.0 Å². The van der Waals surface area contributed by atoms with Crippen LogP contribution >= 0.6 is 0 Å². The number of hydrogen-bond donors (Lipinski definition) is 1. The van der Waals surface area contributed by atoms with Gasteiger partial charge in [0.25, 0.3) is 0 Å². The molecule has 0 unspecified atom stereocenters. The summed E-state index contributed by atoms with van der Waals surface area (Å²) >= 11 is 0. The molecule has 0 atom stereocenters. The molecule has 3 nitrogen and oxygen atoms in total. The Balaban J connectivity index is 0.000000581. The molecular formula is C14H22N2O. The summed E-state index contributed by atoms with van der Waals surface area (Å²) in [6, 6.07) is 9.77. The summed E-state index contributed by atoms with van der Waals surface area (Å²) in [4.78, 5) is 0. The molecule has 0 amide bonds. The first-order valence-corrected chi connectivity index (χ1v) is 6.04. The van der Waals surface area contributed by atoms with Crippen molar-refractivity contribution in [3.63, 3.8) is 0 Å². The fourth-order valence-corrected chi connectivity index (χ4v) is 1.21. The molecule has 17 heavy (non-hydrogen) atoms. The van der Waals surface area contributed by atoms with Crippen molar-refractivity contribution in [3.8, 4) is 17.0 Å². The second kappa shape index (κ2) is 9.46. The molecule has 3 heteroatoms. The van der Waals surface area contributed by atoms with Gasteiger partial charge in [0.1, 0.15) is 5.75 Å². The lowest BCUT2D eigenvalue weighted by molar-refractivity contribution is 0.415. The number of ether oxygens (including phenoxy) is 1. The maximum absolute atomic E-state index is 5.12. The van der Waals surface area contributed by atoms with Crippen LogP contribution in [0.25, 0.3) is 11.3 Å². The highest BCUT2D eigenvalue weighted by Crippen LogP contribution is 2.21. The predicted octanol–water partition coefficient (Wildman–Crippen LogP) is 4.14. The van der Waals surface area contributed by atoms with Crippen molar-refractivity contribution in [1.29, 1.82) is 0 Å². The van der Waals surface area contributed by atoms with Crippen LogP contribution < -0.4 is 4.74 Å². The van der Waals surface area contributed by atoms with Crippen LogP contribution in [0.2, 0.25) is 0 Å². The van der Waals surface area contributed by atoms with Crippen molar-refractivity contribution in [2.45, 2.75) is 27.7 Å². The Hall–Kier alpha value is -1.77. The highest BCUT2D eigenvalue weighted by Gasteiger charge is 1.99. The largest absolute Gasteiger partial charge is 0.497 e. The molecule has 0 bridgehead atoms. The topological polar surface area (TPSA) is 37.9 Å². The monoisotopic (exact) mass is 234 g/mol. The SMILES string of the molecule is CC.CC.COc1cccc(-c2ccn[nH]2)c1. The zero-order valence-corrected chi connectivity index (χ0v) is 11.3. The van der Waals surface area contributed by atoms with E-state index < -0.39 is 0 Å². The molecule has 1 N–H and O–H groups in total. The first-order valence-electron chi connectivity index (χ1n) is 6.04. The Morgan fingerprint density at radius 2 is 1.76 bits per heavy atom. The molecule has 0 fully saturated rings. The Bertz CT molecular complexity index is 383. The standard InChI is InChI=1S/C10H10N2O.2C2H6/c1-13-9-4-2-3-8(7-9)10-5-6-11-12-10;2*1-2/h2-7H,1H3,(H,11,12);2*1-2H3. The summed E-state index contributed by atoms with van der Waals surface area (Å²) in [6.07, 6.45) is 1.73. The van der Waals surface area contributed by atoms with Gasteiger partial charge in [-0.2, -0.15) is 5.10 Å².